The summed E-state index contributed by atoms with van der Waals surface area (Å²) in [6, 6.07) is 16.7. The van der Waals surface area contributed by atoms with Crippen LogP contribution < -0.4 is 21.8 Å². The SMILES string of the molecule is CCn1c(-c2cccc(N)c2)c2c3cc(ccc31)-c1cc(O)cc(c1)C[C@H](NC(=O)[C@H](C(C)C)N(C)C(=O)[C@H]1CCNC1)C(=O)N1CCC[C@H](N1)C(=O)OCC(C)(C)C2. The zero-order chi connectivity index (χ0) is 42.2. The number of amides is 3. The highest BCUT2D eigenvalue weighted by Crippen LogP contribution is 2.41. The molecule has 4 heterocycles. The molecule has 3 aliphatic heterocycles. The molecular formula is C46H59N7O6. The third kappa shape index (κ3) is 8.82. The number of aryl methyl sites for hydroxylation is 1. The van der Waals surface area contributed by atoms with Crippen molar-refractivity contribution in [1.82, 2.24) is 30.5 Å². The number of phenolic OH excluding ortho intramolecular Hbond substituents is 1. The lowest BCUT2D eigenvalue weighted by molar-refractivity contribution is -0.155. The van der Waals surface area contributed by atoms with E-state index >= 15 is 0 Å². The summed E-state index contributed by atoms with van der Waals surface area (Å²) in [6.07, 6.45) is 2.34. The van der Waals surface area contributed by atoms with Crippen LogP contribution in [0, 0.1) is 17.3 Å². The molecule has 0 spiro atoms. The molecule has 4 atom stereocenters. The van der Waals surface area contributed by atoms with Gasteiger partial charge in [-0.1, -0.05) is 52.0 Å². The van der Waals surface area contributed by atoms with Crippen LogP contribution in [0.15, 0.2) is 60.7 Å². The number of nitrogens with one attached hydrogen (secondary N) is 3. The summed E-state index contributed by atoms with van der Waals surface area (Å²) in [5, 5.41) is 19.9. The number of aromatic nitrogens is 1. The number of hydrogen-bond acceptors (Lipinski definition) is 9. The Morgan fingerprint density at radius 2 is 1.85 bits per heavy atom. The molecule has 7 rings (SSSR count). The number of ether oxygens (including phenoxy) is 1. The molecule has 0 unspecified atom stereocenters. The summed E-state index contributed by atoms with van der Waals surface area (Å²) >= 11 is 0. The highest BCUT2D eigenvalue weighted by atomic mass is 16.5. The number of phenols is 1. The van der Waals surface area contributed by atoms with Crippen molar-refractivity contribution in [3.8, 4) is 28.1 Å². The van der Waals surface area contributed by atoms with Crippen molar-refractivity contribution < 1.29 is 29.0 Å². The number of fused-ring (bicyclic) bond motifs is 6. The summed E-state index contributed by atoms with van der Waals surface area (Å²) in [4.78, 5) is 57.7. The van der Waals surface area contributed by atoms with Gasteiger partial charge in [0.2, 0.25) is 11.8 Å². The van der Waals surface area contributed by atoms with Crippen molar-refractivity contribution in [1.29, 1.82) is 0 Å². The lowest BCUT2D eigenvalue weighted by Crippen LogP contribution is -2.62. The number of esters is 1. The molecule has 3 aliphatic rings. The number of nitrogens with two attached hydrogens (primary N) is 1. The topological polar surface area (TPSA) is 171 Å². The van der Waals surface area contributed by atoms with Gasteiger partial charge in [0, 0.05) is 60.7 Å². The highest BCUT2D eigenvalue weighted by Gasteiger charge is 2.39. The molecule has 0 radical (unpaired) electrons. The van der Waals surface area contributed by atoms with Crippen LogP contribution in [0.2, 0.25) is 0 Å². The van der Waals surface area contributed by atoms with E-state index in [9.17, 15) is 24.3 Å². The fourth-order valence-electron chi connectivity index (χ4n) is 9.19. The number of aromatic hydroxyl groups is 1. The minimum Gasteiger partial charge on any atom is -0.508 e. The maximum atomic E-state index is 14.6. The Morgan fingerprint density at radius 1 is 1.05 bits per heavy atom. The average molecular weight is 806 g/mol. The van der Waals surface area contributed by atoms with Gasteiger partial charge < -0.3 is 35.7 Å². The number of anilines is 1. The maximum Gasteiger partial charge on any atom is 0.324 e. The average Bonchev–Trinajstić information content (AvgIpc) is 3.85. The molecule has 6 bridgehead atoms. The lowest BCUT2D eigenvalue weighted by atomic mass is 9.84. The first-order valence-corrected chi connectivity index (χ1v) is 21.0. The van der Waals surface area contributed by atoms with E-state index < -0.39 is 41.3 Å². The Hall–Kier alpha value is -5.40. The number of benzene rings is 3. The Bertz CT molecular complexity index is 2240. The lowest BCUT2D eigenvalue weighted by Gasteiger charge is -2.37. The second-order valence-corrected chi connectivity index (χ2v) is 17.7. The molecule has 4 aromatic rings. The normalized spacial score (nSPS) is 21.5. The van der Waals surface area contributed by atoms with Gasteiger partial charge in [0.05, 0.1) is 18.2 Å². The van der Waals surface area contributed by atoms with Crippen molar-refractivity contribution in [2.24, 2.45) is 17.3 Å². The van der Waals surface area contributed by atoms with Crippen LogP contribution in [-0.4, -0.2) is 94.7 Å². The van der Waals surface area contributed by atoms with E-state index in [-0.39, 0.29) is 36.5 Å². The fourth-order valence-corrected chi connectivity index (χ4v) is 9.19. The van der Waals surface area contributed by atoms with Gasteiger partial charge in [0.25, 0.3) is 5.91 Å². The largest absolute Gasteiger partial charge is 0.508 e. The summed E-state index contributed by atoms with van der Waals surface area (Å²) in [5.41, 5.74) is 16.0. The van der Waals surface area contributed by atoms with Gasteiger partial charge in [0.15, 0.2) is 0 Å². The fraction of sp³-hybridized carbons (Fsp3) is 0.478. The zero-order valence-electron chi connectivity index (χ0n) is 35.1. The molecule has 6 N–H and O–H groups in total. The van der Waals surface area contributed by atoms with Crippen LogP contribution in [0.25, 0.3) is 33.3 Å². The first-order chi connectivity index (χ1) is 28.1. The second-order valence-electron chi connectivity index (χ2n) is 17.7. The van der Waals surface area contributed by atoms with Crippen molar-refractivity contribution in [3.05, 3.63) is 71.8 Å². The van der Waals surface area contributed by atoms with Gasteiger partial charge in [-0.05, 0) is 104 Å². The van der Waals surface area contributed by atoms with Crippen molar-refractivity contribution in [3.63, 3.8) is 0 Å². The molecule has 0 aliphatic carbocycles. The van der Waals surface area contributed by atoms with Crippen molar-refractivity contribution in [2.45, 2.75) is 91.4 Å². The number of cyclic esters (lactones) is 1. The number of rotatable bonds is 7. The van der Waals surface area contributed by atoms with Gasteiger partial charge in [-0.25, -0.2) is 5.43 Å². The predicted octanol–water partition coefficient (Wildman–Crippen LogP) is 5.02. The van der Waals surface area contributed by atoms with Crippen molar-refractivity contribution in [2.75, 3.05) is 39.0 Å². The van der Waals surface area contributed by atoms with Crippen molar-refractivity contribution >= 4 is 40.3 Å². The molecular weight excluding hydrogens is 747 g/mol. The zero-order valence-corrected chi connectivity index (χ0v) is 35.1. The Labute approximate surface area is 346 Å². The third-order valence-electron chi connectivity index (χ3n) is 12.1. The van der Waals surface area contributed by atoms with Gasteiger partial charge in [0.1, 0.15) is 23.9 Å². The summed E-state index contributed by atoms with van der Waals surface area (Å²) < 4.78 is 8.35. The molecule has 59 heavy (non-hydrogen) atoms. The van der Waals surface area contributed by atoms with Gasteiger partial charge in [-0.15, -0.1) is 0 Å². The second kappa shape index (κ2) is 17.1. The number of likely N-dealkylation sites (N-methyl/N-ethyl adjacent to an activating group) is 1. The van der Waals surface area contributed by atoms with E-state index in [1.807, 2.05) is 44.2 Å². The Morgan fingerprint density at radius 3 is 2.56 bits per heavy atom. The Kier molecular flexibility index (Phi) is 12.1. The minimum absolute atomic E-state index is 0.0203. The number of nitrogen functional groups attached to an aromatic ring is 1. The number of hydrogen-bond donors (Lipinski definition) is 5. The van der Waals surface area contributed by atoms with Crippen LogP contribution in [-0.2, 0) is 43.3 Å². The standard InChI is InChI=1S/C46H59N7O6/c1-7-52-39-14-13-29-23-35(39)36(41(52)30-10-8-11-33(47)21-30)24-46(4,5)26-59-45(58)37-12-9-17-53(50-37)44(57)38(20-28-18-32(29)22-34(54)19-28)49-42(55)40(27(2)3)51(6)43(56)31-15-16-48-25-31/h8,10-11,13-14,18-19,21-23,27,31,37-38,40,48,50,54H,7,9,12,15-17,20,24-26,47H2,1-6H3,(H,49,55)/t31-,37-,38-,40-/m0/s1. The third-order valence-corrected chi connectivity index (χ3v) is 12.1. The molecule has 0 saturated carbocycles. The number of carbonyl (C=O) groups excluding carboxylic acids is 4. The van der Waals surface area contributed by atoms with E-state index in [1.54, 1.807) is 19.2 Å². The van der Waals surface area contributed by atoms with Gasteiger partial charge in [-0.3, -0.25) is 24.2 Å². The quantitative estimate of drug-likeness (QED) is 0.127. The van der Waals surface area contributed by atoms with Crippen LogP contribution in [0.4, 0.5) is 5.69 Å². The molecule has 1 aromatic heterocycles. The smallest absolute Gasteiger partial charge is 0.324 e. The highest BCUT2D eigenvalue weighted by molar-refractivity contribution is 5.96. The van der Waals surface area contributed by atoms with Gasteiger partial charge in [-0.2, -0.15) is 0 Å². The molecule has 3 amide bonds. The molecule has 3 aromatic carbocycles. The van der Waals surface area contributed by atoms with Crippen LogP contribution in [0.3, 0.4) is 0 Å². The first kappa shape index (κ1) is 41.7. The van der Waals surface area contributed by atoms with Gasteiger partial charge >= 0.3 is 5.97 Å². The Balaban J connectivity index is 1.33. The summed E-state index contributed by atoms with van der Waals surface area (Å²) in [6.45, 7) is 12.5. The summed E-state index contributed by atoms with van der Waals surface area (Å²) in [5.74, 6) is -1.91. The maximum absolute atomic E-state index is 14.6. The molecule has 314 valence electrons. The van der Waals surface area contributed by atoms with Crippen LogP contribution in [0.5, 0.6) is 5.75 Å². The minimum atomic E-state index is -1.09. The number of carbonyl (C=O) groups is 4. The number of nitrogens with zero attached hydrogens (tertiary/aromatic N) is 3. The monoisotopic (exact) mass is 805 g/mol. The van der Waals surface area contributed by atoms with E-state index in [1.165, 1.54) is 9.91 Å². The molecule has 2 saturated heterocycles. The van der Waals surface area contributed by atoms with E-state index in [2.05, 4.69) is 59.6 Å². The molecule has 13 nitrogen and oxygen atoms in total. The number of hydrazine groups is 1. The van der Waals surface area contributed by atoms with E-state index in [0.717, 1.165) is 45.4 Å². The summed E-state index contributed by atoms with van der Waals surface area (Å²) in [7, 11) is 1.65. The van der Waals surface area contributed by atoms with Crippen LogP contribution in [0.1, 0.15) is 65.0 Å². The molecule has 2 fully saturated rings. The molecule has 13 heteroatoms. The van der Waals surface area contributed by atoms with Crippen LogP contribution >= 0.6 is 0 Å². The van der Waals surface area contributed by atoms with E-state index in [4.69, 9.17) is 10.5 Å². The predicted molar refractivity (Wildman–Crippen MR) is 229 cm³/mol. The first-order valence-electron chi connectivity index (χ1n) is 21.0. The van der Waals surface area contributed by atoms with E-state index in [0.29, 0.717) is 56.6 Å².